The Bertz CT molecular complexity index is 693. The molecule has 174 valence electrons. The lowest BCUT2D eigenvalue weighted by Crippen LogP contribution is -2.44. The van der Waals surface area contributed by atoms with Crippen molar-refractivity contribution >= 4 is 17.9 Å². The molecule has 9 heteroatoms. The number of carbonyl (C=O) groups is 1. The van der Waals surface area contributed by atoms with Crippen molar-refractivity contribution < 1.29 is 9.53 Å². The van der Waals surface area contributed by atoms with E-state index in [4.69, 9.17) is 4.74 Å². The summed E-state index contributed by atoms with van der Waals surface area (Å²) in [5.74, 6) is 1.78. The maximum atomic E-state index is 11.7. The predicted octanol–water partition coefficient (Wildman–Crippen LogP) is 1.80. The highest BCUT2D eigenvalue weighted by Gasteiger charge is 2.16. The number of hydrogen-bond acceptors (Lipinski definition) is 6. The van der Waals surface area contributed by atoms with E-state index in [2.05, 4.69) is 54.9 Å². The average molecular weight is 434 g/mol. The van der Waals surface area contributed by atoms with Crippen molar-refractivity contribution in [2.45, 2.75) is 46.3 Å². The molecule has 2 rings (SSSR count). The van der Waals surface area contributed by atoms with E-state index in [1.807, 2.05) is 33.9 Å². The third kappa shape index (κ3) is 9.87. The third-order valence-corrected chi connectivity index (χ3v) is 4.71. The lowest BCUT2D eigenvalue weighted by molar-refractivity contribution is 0.0527. The van der Waals surface area contributed by atoms with Crippen LogP contribution in [0.3, 0.4) is 0 Å². The number of nitrogens with zero attached hydrogens (tertiary/aromatic N) is 4. The summed E-state index contributed by atoms with van der Waals surface area (Å²) in [6.07, 6.45) is 2.29. The smallest absolute Gasteiger partial charge is 0.407 e. The first kappa shape index (κ1) is 24.7. The summed E-state index contributed by atoms with van der Waals surface area (Å²) in [7, 11) is 2.15. The van der Waals surface area contributed by atoms with Crippen LogP contribution in [0.15, 0.2) is 23.3 Å². The quantitative estimate of drug-likeness (QED) is 0.327. The van der Waals surface area contributed by atoms with Crippen LogP contribution in [0.2, 0.25) is 0 Å². The van der Waals surface area contributed by atoms with E-state index in [9.17, 15) is 4.79 Å². The van der Waals surface area contributed by atoms with Gasteiger partial charge in [0.2, 0.25) is 0 Å². The first-order valence-corrected chi connectivity index (χ1v) is 11.1. The molecule has 1 aromatic rings. The second-order valence-electron chi connectivity index (χ2n) is 8.72. The number of aliphatic imine (C=N–C) groups is 1. The van der Waals surface area contributed by atoms with Crippen LogP contribution in [0, 0.1) is 0 Å². The standard InChI is InChI=1S/C22H39N7O2/c1-6-23-20(24-10-7-11-25-21(30)31-22(2,3)4)27-17-18-8-9-19(26-16-18)29-14-12-28(5)13-15-29/h8-9,16H,6-7,10-15,17H2,1-5H3,(H,25,30)(H2,23,24,27). The zero-order chi connectivity index (χ0) is 22.7. The molecule has 1 fully saturated rings. The summed E-state index contributed by atoms with van der Waals surface area (Å²) in [6.45, 7) is 14.3. The molecule has 1 amide bonds. The molecule has 0 aliphatic carbocycles. The Morgan fingerprint density at radius 3 is 2.45 bits per heavy atom. The Labute approximate surface area is 186 Å². The van der Waals surface area contributed by atoms with Crippen molar-refractivity contribution in [3.63, 3.8) is 0 Å². The molecule has 31 heavy (non-hydrogen) atoms. The minimum absolute atomic E-state index is 0.388. The first-order valence-electron chi connectivity index (χ1n) is 11.1. The number of amides is 1. The van der Waals surface area contributed by atoms with E-state index in [1.165, 1.54) is 0 Å². The monoisotopic (exact) mass is 433 g/mol. The van der Waals surface area contributed by atoms with E-state index in [1.54, 1.807) is 0 Å². The minimum Gasteiger partial charge on any atom is -0.444 e. The van der Waals surface area contributed by atoms with Crippen LogP contribution in [0.1, 0.15) is 39.7 Å². The van der Waals surface area contributed by atoms with Crippen LogP contribution in [-0.2, 0) is 11.3 Å². The molecular weight excluding hydrogens is 394 g/mol. The van der Waals surface area contributed by atoms with E-state index < -0.39 is 5.60 Å². The van der Waals surface area contributed by atoms with Gasteiger partial charge in [-0.05, 0) is 52.8 Å². The highest BCUT2D eigenvalue weighted by molar-refractivity contribution is 5.79. The summed E-state index contributed by atoms with van der Waals surface area (Å²) in [5.41, 5.74) is 0.590. The van der Waals surface area contributed by atoms with Gasteiger partial charge in [-0.15, -0.1) is 0 Å². The molecule has 1 aromatic heterocycles. The van der Waals surface area contributed by atoms with Crippen molar-refractivity contribution in [2.75, 3.05) is 57.8 Å². The van der Waals surface area contributed by atoms with Crippen molar-refractivity contribution in [3.05, 3.63) is 23.9 Å². The normalized spacial score (nSPS) is 15.5. The molecule has 0 bridgehead atoms. The lowest BCUT2D eigenvalue weighted by atomic mass is 10.2. The van der Waals surface area contributed by atoms with Crippen LogP contribution in [0.5, 0.6) is 0 Å². The number of likely N-dealkylation sites (N-methyl/N-ethyl adjacent to an activating group) is 1. The number of carbonyl (C=O) groups excluding carboxylic acids is 1. The van der Waals surface area contributed by atoms with Crippen LogP contribution in [0.25, 0.3) is 0 Å². The SMILES string of the molecule is CCNC(=NCc1ccc(N2CCN(C)CC2)nc1)NCCCNC(=O)OC(C)(C)C. The summed E-state index contributed by atoms with van der Waals surface area (Å²) in [4.78, 5) is 25.6. The summed E-state index contributed by atoms with van der Waals surface area (Å²) in [6, 6.07) is 4.18. The number of ether oxygens (including phenoxy) is 1. The number of aromatic nitrogens is 1. The molecule has 2 heterocycles. The van der Waals surface area contributed by atoms with E-state index in [0.717, 1.165) is 56.5 Å². The van der Waals surface area contributed by atoms with Crippen molar-refractivity contribution in [1.29, 1.82) is 0 Å². The second-order valence-corrected chi connectivity index (χ2v) is 8.72. The Morgan fingerprint density at radius 1 is 1.13 bits per heavy atom. The molecule has 0 spiro atoms. The first-order chi connectivity index (χ1) is 14.8. The van der Waals surface area contributed by atoms with Gasteiger partial charge in [0.25, 0.3) is 0 Å². The fraction of sp³-hybridized carbons (Fsp3) is 0.682. The van der Waals surface area contributed by atoms with Gasteiger partial charge in [0.1, 0.15) is 11.4 Å². The van der Waals surface area contributed by atoms with Gasteiger partial charge in [0.05, 0.1) is 6.54 Å². The Kier molecular flexibility index (Phi) is 9.84. The van der Waals surface area contributed by atoms with Gasteiger partial charge in [-0.2, -0.15) is 0 Å². The topological polar surface area (TPSA) is 94.1 Å². The number of piperazine rings is 1. The van der Waals surface area contributed by atoms with Gasteiger partial charge in [-0.3, -0.25) is 0 Å². The molecule has 0 aromatic carbocycles. The van der Waals surface area contributed by atoms with Crippen molar-refractivity contribution in [3.8, 4) is 0 Å². The molecule has 1 aliphatic rings. The number of pyridine rings is 1. The summed E-state index contributed by atoms with van der Waals surface area (Å²) >= 11 is 0. The number of guanidine groups is 1. The van der Waals surface area contributed by atoms with Crippen LogP contribution >= 0.6 is 0 Å². The highest BCUT2D eigenvalue weighted by atomic mass is 16.6. The molecule has 3 N–H and O–H groups in total. The van der Waals surface area contributed by atoms with E-state index >= 15 is 0 Å². The number of alkyl carbamates (subject to hydrolysis) is 1. The van der Waals surface area contributed by atoms with Gasteiger partial charge in [-0.25, -0.2) is 14.8 Å². The fourth-order valence-corrected chi connectivity index (χ4v) is 3.04. The molecule has 1 saturated heterocycles. The van der Waals surface area contributed by atoms with E-state index in [-0.39, 0.29) is 6.09 Å². The zero-order valence-corrected chi connectivity index (χ0v) is 19.7. The average Bonchev–Trinajstić information content (AvgIpc) is 2.71. The number of anilines is 1. The minimum atomic E-state index is -0.481. The molecule has 9 nitrogen and oxygen atoms in total. The maximum absolute atomic E-state index is 11.7. The van der Waals surface area contributed by atoms with Crippen molar-refractivity contribution in [1.82, 2.24) is 25.8 Å². The number of hydrogen-bond donors (Lipinski definition) is 3. The van der Waals surface area contributed by atoms with Gasteiger partial charge in [0.15, 0.2) is 5.96 Å². The molecular formula is C22H39N7O2. The Hall–Kier alpha value is -2.55. The predicted molar refractivity (Wildman–Crippen MR) is 126 cm³/mol. The third-order valence-electron chi connectivity index (χ3n) is 4.71. The number of nitrogens with one attached hydrogen (secondary N) is 3. The molecule has 0 unspecified atom stereocenters. The van der Waals surface area contributed by atoms with Gasteiger partial charge < -0.3 is 30.5 Å². The molecule has 1 aliphatic heterocycles. The van der Waals surface area contributed by atoms with Gasteiger partial charge in [0, 0.05) is 52.0 Å². The van der Waals surface area contributed by atoms with Crippen LogP contribution < -0.4 is 20.9 Å². The second kappa shape index (κ2) is 12.3. The number of rotatable bonds is 8. The highest BCUT2D eigenvalue weighted by Crippen LogP contribution is 2.14. The maximum Gasteiger partial charge on any atom is 0.407 e. The zero-order valence-electron chi connectivity index (χ0n) is 19.7. The lowest BCUT2D eigenvalue weighted by Gasteiger charge is -2.33. The molecule has 0 radical (unpaired) electrons. The molecule has 0 saturated carbocycles. The summed E-state index contributed by atoms with van der Waals surface area (Å²) < 4.78 is 5.23. The van der Waals surface area contributed by atoms with Gasteiger partial charge >= 0.3 is 6.09 Å². The Balaban J connectivity index is 1.74. The fourth-order valence-electron chi connectivity index (χ4n) is 3.04. The van der Waals surface area contributed by atoms with E-state index in [0.29, 0.717) is 19.6 Å². The largest absolute Gasteiger partial charge is 0.444 e. The van der Waals surface area contributed by atoms with Crippen molar-refractivity contribution in [2.24, 2.45) is 4.99 Å². The summed E-state index contributed by atoms with van der Waals surface area (Å²) in [5, 5.41) is 9.30. The van der Waals surface area contributed by atoms with Crippen LogP contribution in [-0.4, -0.2) is 80.4 Å². The van der Waals surface area contributed by atoms with Gasteiger partial charge in [-0.1, -0.05) is 6.07 Å². The molecule has 0 atom stereocenters. The Morgan fingerprint density at radius 2 is 1.84 bits per heavy atom. The van der Waals surface area contributed by atoms with Crippen LogP contribution in [0.4, 0.5) is 10.6 Å².